The number of allylic oxidation sites excluding steroid dienone is 1. The van der Waals surface area contributed by atoms with Crippen LogP contribution in [-0.4, -0.2) is 5.78 Å². The number of hydrogen-bond acceptors (Lipinski definition) is 4. The number of para-hydroxylation sites is 3. The van der Waals surface area contributed by atoms with Crippen molar-refractivity contribution in [3.63, 3.8) is 0 Å². The predicted octanol–water partition coefficient (Wildman–Crippen LogP) is 7.46. The Morgan fingerprint density at radius 1 is 0.657 bits per heavy atom. The molecule has 1 aliphatic heterocycles. The predicted molar refractivity (Wildman–Crippen MR) is 140 cm³/mol. The van der Waals surface area contributed by atoms with E-state index in [1.165, 1.54) is 5.56 Å². The van der Waals surface area contributed by atoms with Gasteiger partial charge in [-0.1, -0.05) is 72.8 Å². The van der Waals surface area contributed by atoms with Gasteiger partial charge in [0.15, 0.2) is 5.78 Å². The number of carbonyl (C=O) groups is 1. The summed E-state index contributed by atoms with van der Waals surface area (Å²) in [5.74, 6) is 1.86. The Morgan fingerprint density at radius 2 is 1.31 bits per heavy atom. The van der Waals surface area contributed by atoms with E-state index in [2.05, 4.69) is 41.0 Å². The van der Waals surface area contributed by atoms with Gasteiger partial charge in [-0.05, 0) is 59.9 Å². The maximum absolute atomic E-state index is 13.7. The van der Waals surface area contributed by atoms with E-state index in [1.54, 1.807) is 0 Å². The molecule has 2 atom stereocenters. The van der Waals surface area contributed by atoms with Gasteiger partial charge in [0.25, 0.3) is 0 Å². The van der Waals surface area contributed by atoms with Crippen LogP contribution in [0, 0.1) is 0 Å². The summed E-state index contributed by atoms with van der Waals surface area (Å²) < 4.78 is 6.10. The zero-order valence-corrected chi connectivity index (χ0v) is 19.3. The van der Waals surface area contributed by atoms with Crippen LogP contribution in [0.25, 0.3) is 0 Å². The first-order valence-corrected chi connectivity index (χ1v) is 12.0. The van der Waals surface area contributed by atoms with Gasteiger partial charge in [-0.15, -0.1) is 0 Å². The third-order valence-corrected chi connectivity index (χ3v) is 6.75. The van der Waals surface area contributed by atoms with Crippen molar-refractivity contribution in [1.29, 1.82) is 0 Å². The second-order valence-electron chi connectivity index (χ2n) is 9.07. The Hall–Kier alpha value is -4.31. The zero-order chi connectivity index (χ0) is 23.6. The maximum atomic E-state index is 13.7. The van der Waals surface area contributed by atoms with Crippen molar-refractivity contribution in [3.8, 4) is 11.5 Å². The molecular formula is C31H26N2O2. The maximum Gasteiger partial charge on any atom is 0.163 e. The lowest BCUT2D eigenvalue weighted by Crippen LogP contribution is -2.26. The van der Waals surface area contributed by atoms with Crippen LogP contribution in [0.1, 0.15) is 35.9 Å². The molecule has 2 aliphatic rings. The molecule has 4 aromatic rings. The Morgan fingerprint density at radius 3 is 2.11 bits per heavy atom. The SMILES string of the molecule is O=C1CC(c2ccccc2)CC2=C1C(c1cccc(Oc3ccccc3)c1)Nc1ccccc1N2. The summed E-state index contributed by atoms with van der Waals surface area (Å²) in [6, 6.07) is 36.0. The second kappa shape index (κ2) is 9.15. The first kappa shape index (κ1) is 21.2. The zero-order valence-electron chi connectivity index (χ0n) is 19.3. The van der Waals surface area contributed by atoms with E-state index in [-0.39, 0.29) is 17.7 Å². The number of benzene rings is 4. The minimum absolute atomic E-state index is 0.161. The normalized spacial score (nSPS) is 19.0. The minimum Gasteiger partial charge on any atom is -0.457 e. The van der Waals surface area contributed by atoms with Crippen molar-refractivity contribution in [1.82, 2.24) is 0 Å². The summed E-state index contributed by atoms with van der Waals surface area (Å²) in [5.41, 5.74) is 5.97. The lowest BCUT2D eigenvalue weighted by molar-refractivity contribution is -0.116. The Bertz CT molecular complexity index is 1400. The number of fused-ring (bicyclic) bond motifs is 1. The van der Waals surface area contributed by atoms with E-state index in [0.717, 1.165) is 46.1 Å². The molecular weight excluding hydrogens is 432 g/mol. The molecule has 4 aromatic carbocycles. The van der Waals surface area contributed by atoms with Crippen molar-refractivity contribution in [2.75, 3.05) is 10.6 Å². The van der Waals surface area contributed by atoms with Crippen LogP contribution >= 0.6 is 0 Å². The van der Waals surface area contributed by atoms with Crippen LogP contribution in [0.15, 0.2) is 120 Å². The topological polar surface area (TPSA) is 50.4 Å². The molecule has 0 saturated carbocycles. The molecule has 4 heteroatoms. The van der Waals surface area contributed by atoms with Gasteiger partial charge in [-0.2, -0.15) is 0 Å². The van der Waals surface area contributed by atoms with E-state index < -0.39 is 0 Å². The van der Waals surface area contributed by atoms with Crippen LogP contribution in [0.5, 0.6) is 11.5 Å². The summed E-state index contributed by atoms with van der Waals surface area (Å²) >= 11 is 0. The third-order valence-electron chi connectivity index (χ3n) is 6.75. The summed E-state index contributed by atoms with van der Waals surface area (Å²) in [6.07, 6.45) is 1.29. The third kappa shape index (κ3) is 4.31. The van der Waals surface area contributed by atoms with E-state index in [1.807, 2.05) is 78.9 Å². The van der Waals surface area contributed by atoms with Gasteiger partial charge >= 0.3 is 0 Å². The van der Waals surface area contributed by atoms with E-state index in [0.29, 0.717) is 6.42 Å². The van der Waals surface area contributed by atoms with Gasteiger partial charge in [0.1, 0.15) is 11.5 Å². The molecule has 6 rings (SSSR count). The standard InChI is InChI=1S/C31H26N2O2/c34-29-20-23(21-10-3-1-4-11-21)19-28-30(29)31(33-27-17-8-7-16-26(27)32-28)22-12-9-15-25(18-22)35-24-13-5-2-6-14-24/h1-18,23,31-33H,19-20H2. The molecule has 0 aromatic heterocycles. The number of ketones is 1. The molecule has 1 aliphatic carbocycles. The highest BCUT2D eigenvalue weighted by Crippen LogP contribution is 2.44. The summed E-state index contributed by atoms with van der Waals surface area (Å²) in [7, 11) is 0. The molecule has 0 radical (unpaired) electrons. The van der Waals surface area contributed by atoms with E-state index >= 15 is 0 Å². The van der Waals surface area contributed by atoms with Crippen LogP contribution in [-0.2, 0) is 4.79 Å². The number of ether oxygens (including phenoxy) is 1. The summed E-state index contributed by atoms with van der Waals surface area (Å²) in [6.45, 7) is 0. The average Bonchev–Trinajstić information content (AvgIpc) is 3.07. The Labute approximate surface area is 205 Å². The van der Waals surface area contributed by atoms with Gasteiger partial charge in [-0.25, -0.2) is 0 Å². The summed E-state index contributed by atoms with van der Waals surface area (Å²) in [4.78, 5) is 13.7. The molecule has 4 nitrogen and oxygen atoms in total. The quantitative estimate of drug-likeness (QED) is 0.333. The van der Waals surface area contributed by atoms with Crippen molar-refractivity contribution >= 4 is 17.2 Å². The van der Waals surface area contributed by atoms with Crippen LogP contribution < -0.4 is 15.4 Å². The summed E-state index contributed by atoms with van der Waals surface area (Å²) in [5, 5.41) is 7.27. The highest BCUT2D eigenvalue weighted by atomic mass is 16.5. The highest BCUT2D eigenvalue weighted by molar-refractivity contribution is 6.01. The number of nitrogens with one attached hydrogen (secondary N) is 2. The molecule has 0 fully saturated rings. The van der Waals surface area contributed by atoms with Crippen molar-refractivity contribution in [2.24, 2.45) is 0 Å². The van der Waals surface area contributed by atoms with E-state index in [4.69, 9.17) is 4.74 Å². The average molecular weight is 459 g/mol. The number of anilines is 2. The molecule has 0 saturated heterocycles. The smallest absolute Gasteiger partial charge is 0.163 e. The van der Waals surface area contributed by atoms with Gasteiger partial charge in [0.2, 0.25) is 0 Å². The molecule has 1 heterocycles. The van der Waals surface area contributed by atoms with Gasteiger partial charge in [0.05, 0.1) is 17.4 Å². The fourth-order valence-corrected chi connectivity index (χ4v) is 5.09. The fraction of sp³-hybridized carbons (Fsp3) is 0.129. The molecule has 35 heavy (non-hydrogen) atoms. The highest BCUT2D eigenvalue weighted by Gasteiger charge is 2.36. The van der Waals surface area contributed by atoms with Crippen LogP contribution in [0.4, 0.5) is 11.4 Å². The minimum atomic E-state index is -0.273. The molecule has 0 spiro atoms. The van der Waals surface area contributed by atoms with Crippen LogP contribution in [0.2, 0.25) is 0 Å². The van der Waals surface area contributed by atoms with Crippen LogP contribution in [0.3, 0.4) is 0 Å². The van der Waals surface area contributed by atoms with Crippen molar-refractivity contribution in [3.05, 3.63) is 132 Å². The van der Waals surface area contributed by atoms with E-state index in [9.17, 15) is 4.79 Å². The molecule has 172 valence electrons. The molecule has 2 N–H and O–H groups in total. The number of carbonyl (C=O) groups excluding carboxylic acids is 1. The van der Waals surface area contributed by atoms with Crippen molar-refractivity contribution in [2.45, 2.75) is 24.8 Å². The number of rotatable bonds is 4. The number of Topliss-reactive ketones (excluding diaryl/α,β-unsaturated/α-hetero) is 1. The lowest BCUT2D eigenvalue weighted by Gasteiger charge is -2.30. The van der Waals surface area contributed by atoms with Gasteiger partial charge in [-0.3, -0.25) is 4.79 Å². The largest absolute Gasteiger partial charge is 0.457 e. The Balaban J connectivity index is 1.41. The molecule has 2 unspecified atom stereocenters. The first-order valence-electron chi connectivity index (χ1n) is 12.0. The molecule has 0 amide bonds. The van der Waals surface area contributed by atoms with Gasteiger partial charge in [0, 0.05) is 17.7 Å². The second-order valence-corrected chi connectivity index (χ2v) is 9.07. The monoisotopic (exact) mass is 458 g/mol. The molecule has 0 bridgehead atoms. The van der Waals surface area contributed by atoms with Crippen molar-refractivity contribution < 1.29 is 9.53 Å². The van der Waals surface area contributed by atoms with Gasteiger partial charge < -0.3 is 15.4 Å². The lowest BCUT2D eigenvalue weighted by atomic mass is 9.78. The first-order chi connectivity index (χ1) is 17.2. The fourth-order valence-electron chi connectivity index (χ4n) is 5.09. The number of hydrogen-bond donors (Lipinski definition) is 2. The Kier molecular flexibility index (Phi) is 5.55.